The second-order valence-corrected chi connectivity index (χ2v) is 11.4. The molecule has 0 saturated carbocycles. The van der Waals surface area contributed by atoms with Crippen LogP contribution in [0.15, 0.2) is 122 Å². The van der Waals surface area contributed by atoms with E-state index in [0.29, 0.717) is 19.3 Å². The van der Waals surface area contributed by atoms with Gasteiger partial charge in [0, 0.05) is 12.8 Å². The van der Waals surface area contributed by atoms with Gasteiger partial charge in [-0.25, -0.2) is 4.57 Å². The molecule has 0 radical (unpaired) electrons. The van der Waals surface area contributed by atoms with Crippen LogP contribution < -0.4 is 0 Å². The smallest absolute Gasteiger partial charge is 0.462 e. The summed E-state index contributed by atoms with van der Waals surface area (Å²) < 4.78 is 26.0. The van der Waals surface area contributed by atoms with Gasteiger partial charge in [-0.1, -0.05) is 135 Å². The Morgan fingerprint density at radius 3 is 1.60 bits per heavy atom. The van der Waals surface area contributed by atoms with Gasteiger partial charge in [-0.15, -0.1) is 0 Å². The lowest BCUT2D eigenvalue weighted by atomic mass is 10.2. The molecule has 0 spiro atoms. The molecule has 0 aliphatic carbocycles. The first-order valence-corrected chi connectivity index (χ1v) is 17.9. The number of esters is 2. The molecule has 9 heteroatoms. The Bertz CT molecular complexity index is 1160. The van der Waals surface area contributed by atoms with Crippen molar-refractivity contribution in [3.63, 3.8) is 0 Å². The van der Waals surface area contributed by atoms with Crippen molar-refractivity contribution < 1.29 is 37.9 Å². The minimum atomic E-state index is -4.79. The molecule has 0 aliphatic rings. The highest BCUT2D eigenvalue weighted by Crippen LogP contribution is 2.35. The largest absolute Gasteiger partial charge is 0.469 e. The average Bonchev–Trinajstić information content (AvgIpc) is 3.03. The zero-order valence-corrected chi connectivity index (χ0v) is 29.0. The van der Waals surface area contributed by atoms with Crippen LogP contribution in [0, 0.1) is 0 Å². The van der Waals surface area contributed by atoms with E-state index in [9.17, 15) is 14.2 Å². The van der Waals surface area contributed by atoms with E-state index in [1.807, 2.05) is 66.8 Å². The summed E-state index contributed by atoms with van der Waals surface area (Å²) in [6.07, 6.45) is 46.6. The predicted molar refractivity (Wildman–Crippen MR) is 192 cm³/mol. The zero-order valence-electron chi connectivity index (χ0n) is 28.1. The molecular formula is C38H55O8P. The van der Waals surface area contributed by atoms with Gasteiger partial charge in [0.25, 0.3) is 0 Å². The third-order valence-electron chi connectivity index (χ3n) is 5.87. The maximum atomic E-state index is 12.3. The van der Waals surface area contributed by atoms with Crippen molar-refractivity contribution in [2.75, 3.05) is 13.2 Å². The molecular weight excluding hydrogens is 615 g/mol. The highest BCUT2D eigenvalue weighted by atomic mass is 31.2. The minimum Gasteiger partial charge on any atom is -0.462 e. The van der Waals surface area contributed by atoms with Crippen molar-refractivity contribution in [3.8, 4) is 0 Å². The van der Waals surface area contributed by atoms with Crippen LogP contribution in [0.25, 0.3) is 0 Å². The van der Waals surface area contributed by atoms with Crippen LogP contribution >= 0.6 is 7.82 Å². The van der Waals surface area contributed by atoms with Gasteiger partial charge in [0.2, 0.25) is 0 Å². The molecule has 8 nitrogen and oxygen atoms in total. The number of phosphoric ester groups is 1. The molecule has 0 heterocycles. The summed E-state index contributed by atoms with van der Waals surface area (Å²) in [6.45, 7) is 3.24. The Kier molecular flexibility index (Phi) is 29.9. The Labute approximate surface area is 282 Å². The van der Waals surface area contributed by atoms with Crippen LogP contribution in [-0.4, -0.2) is 41.0 Å². The first kappa shape index (κ1) is 43.5. The third kappa shape index (κ3) is 35.2. The molecule has 47 heavy (non-hydrogen) atoms. The van der Waals surface area contributed by atoms with Gasteiger partial charge >= 0.3 is 19.8 Å². The first-order valence-electron chi connectivity index (χ1n) is 16.4. The van der Waals surface area contributed by atoms with E-state index in [1.165, 1.54) is 0 Å². The molecule has 0 saturated heterocycles. The van der Waals surface area contributed by atoms with E-state index >= 15 is 0 Å². The standard InChI is InChI=1S/C38H55O8P/c1-3-5-7-9-11-13-15-17-18-19-21-22-24-26-28-30-32-37(39)44-34-36(35-45-47(41,42)43)46-38(40)33-31-29-27-25-23-20-16-14-12-10-8-6-4-2/h5-8,10-14,16-18,20-23,25-28,36H,3-4,9,15,19,24,29-35H2,1-2H3,(H2,41,42,43)/b7-5+,8-6+,12-10+,13-11+,16-14+,18-17+,22-21+,23-20+,27-25+,28-26+. The van der Waals surface area contributed by atoms with E-state index in [-0.39, 0.29) is 19.4 Å². The van der Waals surface area contributed by atoms with Crippen molar-refractivity contribution in [1.82, 2.24) is 0 Å². The summed E-state index contributed by atoms with van der Waals surface area (Å²) in [4.78, 5) is 42.5. The summed E-state index contributed by atoms with van der Waals surface area (Å²) in [6, 6.07) is 0. The fourth-order valence-corrected chi connectivity index (χ4v) is 3.87. The van der Waals surface area contributed by atoms with E-state index in [4.69, 9.17) is 19.3 Å². The molecule has 0 aromatic rings. The Morgan fingerprint density at radius 1 is 0.574 bits per heavy atom. The molecule has 0 bridgehead atoms. The molecule has 0 aromatic carbocycles. The van der Waals surface area contributed by atoms with Crippen LogP contribution in [0.1, 0.15) is 84.5 Å². The number of hydrogen-bond donors (Lipinski definition) is 2. The second kappa shape index (κ2) is 32.4. The lowest BCUT2D eigenvalue weighted by Gasteiger charge is -2.18. The number of allylic oxidation sites excluding steroid dienone is 20. The van der Waals surface area contributed by atoms with E-state index in [1.54, 1.807) is 0 Å². The molecule has 1 atom stereocenters. The highest BCUT2D eigenvalue weighted by molar-refractivity contribution is 7.46. The quantitative estimate of drug-likeness (QED) is 0.0292. The van der Waals surface area contributed by atoms with E-state index in [0.717, 1.165) is 38.5 Å². The van der Waals surface area contributed by atoms with Crippen molar-refractivity contribution in [1.29, 1.82) is 0 Å². The predicted octanol–water partition coefficient (Wildman–Crippen LogP) is 9.44. The van der Waals surface area contributed by atoms with Crippen LogP contribution in [0.3, 0.4) is 0 Å². The summed E-state index contributed by atoms with van der Waals surface area (Å²) in [5.41, 5.74) is 0. The number of carbonyl (C=O) groups is 2. The molecule has 0 aliphatic heterocycles. The number of phosphoric acid groups is 1. The zero-order chi connectivity index (χ0) is 34.7. The van der Waals surface area contributed by atoms with Crippen LogP contribution in [0.2, 0.25) is 0 Å². The maximum absolute atomic E-state index is 12.3. The van der Waals surface area contributed by atoms with Crippen molar-refractivity contribution >= 4 is 19.8 Å². The normalized spacial score (nSPS) is 14.0. The molecule has 0 fully saturated rings. The molecule has 0 aromatic heterocycles. The van der Waals surface area contributed by atoms with Gasteiger partial charge in [0.05, 0.1) is 6.61 Å². The Balaban J connectivity index is 4.32. The summed E-state index contributed by atoms with van der Waals surface area (Å²) in [5, 5.41) is 0. The fraction of sp³-hybridized carbons (Fsp3) is 0.421. The summed E-state index contributed by atoms with van der Waals surface area (Å²) in [7, 11) is -4.79. The number of unbranched alkanes of at least 4 members (excludes halogenated alkanes) is 1. The summed E-state index contributed by atoms with van der Waals surface area (Å²) in [5.74, 6) is -1.09. The highest BCUT2D eigenvalue weighted by Gasteiger charge is 2.22. The van der Waals surface area contributed by atoms with Gasteiger partial charge in [-0.2, -0.15) is 0 Å². The van der Waals surface area contributed by atoms with Gasteiger partial charge in [-0.05, 0) is 57.8 Å². The molecule has 2 N–H and O–H groups in total. The second-order valence-electron chi connectivity index (χ2n) is 10.1. The average molecular weight is 671 g/mol. The lowest BCUT2D eigenvalue weighted by molar-refractivity contribution is -0.161. The Morgan fingerprint density at radius 2 is 1.06 bits per heavy atom. The van der Waals surface area contributed by atoms with Gasteiger partial charge in [-0.3, -0.25) is 14.1 Å². The van der Waals surface area contributed by atoms with E-state index < -0.39 is 32.5 Å². The molecule has 260 valence electrons. The van der Waals surface area contributed by atoms with Crippen molar-refractivity contribution in [3.05, 3.63) is 122 Å². The monoisotopic (exact) mass is 670 g/mol. The number of carbonyl (C=O) groups excluding carboxylic acids is 2. The van der Waals surface area contributed by atoms with Gasteiger partial charge in [0.1, 0.15) is 6.61 Å². The van der Waals surface area contributed by atoms with Crippen molar-refractivity contribution in [2.45, 2.75) is 90.6 Å². The topological polar surface area (TPSA) is 119 Å². The van der Waals surface area contributed by atoms with Gasteiger partial charge in [0.15, 0.2) is 6.10 Å². The Hall–Kier alpha value is -3.55. The number of hydrogen-bond acceptors (Lipinski definition) is 6. The third-order valence-corrected chi connectivity index (χ3v) is 6.35. The number of ether oxygens (including phenoxy) is 2. The van der Waals surface area contributed by atoms with E-state index in [2.05, 4.69) is 73.1 Å². The minimum absolute atomic E-state index is 0.0917. The first-order chi connectivity index (χ1) is 22.8. The molecule has 0 amide bonds. The van der Waals surface area contributed by atoms with Gasteiger partial charge < -0.3 is 19.3 Å². The fourth-order valence-electron chi connectivity index (χ4n) is 3.51. The van der Waals surface area contributed by atoms with Crippen molar-refractivity contribution in [2.24, 2.45) is 0 Å². The lowest BCUT2D eigenvalue weighted by Crippen LogP contribution is -2.29. The summed E-state index contributed by atoms with van der Waals surface area (Å²) >= 11 is 0. The molecule has 0 rings (SSSR count). The maximum Gasteiger partial charge on any atom is 0.469 e. The number of rotatable bonds is 27. The van der Waals surface area contributed by atoms with Crippen LogP contribution in [0.5, 0.6) is 0 Å². The van der Waals surface area contributed by atoms with Crippen LogP contribution in [0.4, 0.5) is 0 Å². The molecule has 1 unspecified atom stereocenters. The SMILES string of the molecule is CC/C=C/C=C/C=C/C=C/C=C/CCCC(=O)OC(COC(=O)CC/C=C/C/C=C/C/C=C/C/C=C/C/C=C/CC)COP(=O)(O)O. The van der Waals surface area contributed by atoms with Crippen LogP contribution in [-0.2, 0) is 28.2 Å².